The Bertz CT molecular complexity index is 273. The van der Waals surface area contributed by atoms with E-state index in [2.05, 4.69) is 6.58 Å². The molecule has 92 valence electrons. The van der Waals surface area contributed by atoms with E-state index in [1.165, 1.54) is 19.3 Å². The highest BCUT2D eigenvalue weighted by atomic mass is 19.4. The molecule has 0 aromatic heterocycles. The molecule has 0 aromatic carbocycles. The van der Waals surface area contributed by atoms with Gasteiger partial charge in [-0.1, -0.05) is 6.42 Å². The van der Waals surface area contributed by atoms with Crippen LogP contribution in [0.25, 0.3) is 0 Å². The molecule has 1 heterocycles. The van der Waals surface area contributed by atoms with Gasteiger partial charge in [-0.25, -0.2) is 0 Å². The van der Waals surface area contributed by atoms with Crippen molar-refractivity contribution in [2.75, 3.05) is 19.6 Å². The molecule has 0 bridgehead atoms. The van der Waals surface area contributed by atoms with Crippen molar-refractivity contribution in [2.45, 2.75) is 32.1 Å². The predicted molar refractivity (Wildman–Crippen MR) is 60.2 cm³/mol. The second-order valence-electron chi connectivity index (χ2n) is 5.36. The van der Waals surface area contributed by atoms with Crippen LogP contribution in [0.3, 0.4) is 0 Å². The van der Waals surface area contributed by atoms with Crippen LogP contribution in [0.1, 0.15) is 32.1 Å². The van der Waals surface area contributed by atoms with E-state index < -0.39 is 12.4 Å². The van der Waals surface area contributed by atoms with Crippen LogP contribution in [0.15, 0.2) is 12.1 Å². The zero-order valence-corrected chi connectivity index (χ0v) is 9.52. The van der Waals surface area contributed by atoms with Crippen LogP contribution in [0, 0.1) is 5.41 Å². The van der Waals surface area contributed by atoms with Crippen LogP contribution in [-0.4, -0.2) is 31.5 Å². The molecular formula is C11H18BF3N-. The molecule has 2 aliphatic rings. The van der Waals surface area contributed by atoms with Gasteiger partial charge in [0.1, 0.15) is 0 Å². The molecule has 0 amide bonds. The summed E-state index contributed by atoms with van der Waals surface area (Å²) in [6.07, 6.45) is 6.02. The van der Waals surface area contributed by atoms with Crippen LogP contribution < -0.4 is 0 Å². The summed E-state index contributed by atoms with van der Waals surface area (Å²) < 4.78 is 37.1. The Morgan fingerprint density at radius 2 is 1.69 bits per heavy atom. The third-order valence-electron chi connectivity index (χ3n) is 4.22. The Hall–Kier alpha value is -0.445. The lowest BCUT2D eigenvalue weighted by Gasteiger charge is -2.48. The van der Waals surface area contributed by atoms with Gasteiger partial charge in [0.15, 0.2) is 0 Å². The maximum Gasteiger partial charge on any atom is 0.506 e. The fourth-order valence-electron chi connectivity index (χ4n) is 2.75. The van der Waals surface area contributed by atoms with E-state index >= 15 is 0 Å². The maximum absolute atomic E-state index is 12.4. The third-order valence-corrected chi connectivity index (χ3v) is 4.22. The summed E-state index contributed by atoms with van der Waals surface area (Å²) in [5.74, 6) is 0. The first-order valence-corrected chi connectivity index (χ1v) is 6.01. The largest absolute Gasteiger partial charge is 0.506 e. The van der Waals surface area contributed by atoms with Crippen LogP contribution in [0.2, 0.25) is 0 Å². The van der Waals surface area contributed by atoms with Gasteiger partial charge in [0, 0.05) is 0 Å². The van der Waals surface area contributed by atoms with E-state index in [1.807, 2.05) is 4.90 Å². The van der Waals surface area contributed by atoms with E-state index in [4.69, 9.17) is 0 Å². The SMILES string of the molecule is C=C(CN1CCC2(CCC2)CC1)[B-](F)(F)F. The maximum atomic E-state index is 12.4. The minimum absolute atomic E-state index is 0.0135. The number of hydrogen-bond donors (Lipinski definition) is 0. The van der Waals surface area contributed by atoms with E-state index in [1.54, 1.807) is 0 Å². The van der Waals surface area contributed by atoms with Gasteiger partial charge in [-0.3, -0.25) is 0 Å². The molecule has 1 aliphatic heterocycles. The van der Waals surface area contributed by atoms with E-state index in [0.717, 1.165) is 25.9 Å². The fraction of sp³-hybridized carbons (Fsp3) is 0.818. The van der Waals surface area contributed by atoms with Gasteiger partial charge >= 0.3 is 6.98 Å². The number of hydrogen-bond acceptors (Lipinski definition) is 1. The standard InChI is InChI=1S/C11H18BF3N/c1-10(12(13,14)15)9-16-7-5-11(6-8-16)3-2-4-11/h1-9H2/q-1. The van der Waals surface area contributed by atoms with Crippen LogP contribution >= 0.6 is 0 Å². The highest BCUT2D eigenvalue weighted by molar-refractivity contribution is 6.66. The lowest BCUT2D eigenvalue weighted by molar-refractivity contribution is 0.0373. The van der Waals surface area contributed by atoms with Gasteiger partial charge < -0.3 is 17.8 Å². The van der Waals surface area contributed by atoms with Crippen molar-refractivity contribution in [2.24, 2.45) is 5.41 Å². The minimum Gasteiger partial charge on any atom is -0.445 e. The molecule has 1 saturated carbocycles. The lowest BCUT2D eigenvalue weighted by Crippen LogP contribution is -2.45. The van der Waals surface area contributed by atoms with E-state index in [0.29, 0.717) is 5.41 Å². The number of likely N-dealkylation sites (tertiary alicyclic amines) is 1. The van der Waals surface area contributed by atoms with Crippen molar-refractivity contribution in [1.82, 2.24) is 4.90 Å². The molecule has 1 aliphatic carbocycles. The monoisotopic (exact) mass is 232 g/mol. The second kappa shape index (κ2) is 4.10. The van der Waals surface area contributed by atoms with E-state index in [9.17, 15) is 12.9 Å². The Kier molecular flexibility index (Phi) is 3.08. The minimum atomic E-state index is -4.85. The van der Waals surface area contributed by atoms with Gasteiger partial charge in [-0.15, -0.1) is 12.1 Å². The van der Waals surface area contributed by atoms with Gasteiger partial charge in [0.25, 0.3) is 0 Å². The molecule has 16 heavy (non-hydrogen) atoms. The first-order valence-electron chi connectivity index (χ1n) is 6.01. The molecule has 1 nitrogen and oxygen atoms in total. The summed E-state index contributed by atoms with van der Waals surface area (Å²) in [6.45, 7) is -0.0651. The summed E-state index contributed by atoms with van der Waals surface area (Å²) in [5.41, 5.74) is -0.0501. The van der Waals surface area contributed by atoms with Crippen molar-refractivity contribution < 1.29 is 12.9 Å². The average Bonchev–Trinajstić information content (AvgIpc) is 2.15. The van der Waals surface area contributed by atoms with Crippen molar-refractivity contribution >= 4 is 6.98 Å². The Labute approximate surface area is 94.7 Å². The quantitative estimate of drug-likeness (QED) is 0.675. The van der Waals surface area contributed by atoms with Crippen molar-refractivity contribution in [1.29, 1.82) is 0 Å². The summed E-state index contributed by atoms with van der Waals surface area (Å²) in [7, 11) is 0. The first kappa shape index (κ1) is 12.0. The molecule has 2 fully saturated rings. The number of nitrogens with zero attached hydrogens (tertiary/aromatic N) is 1. The zero-order chi connectivity index (χ0) is 11.8. The summed E-state index contributed by atoms with van der Waals surface area (Å²) in [6, 6.07) is 0. The first-order chi connectivity index (χ1) is 7.41. The third kappa shape index (κ3) is 2.45. The predicted octanol–water partition coefficient (Wildman–Crippen LogP) is 3.20. The average molecular weight is 232 g/mol. The Morgan fingerprint density at radius 3 is 2.06 bits per heavy atom. The normalized spacial score (nSPS) is 25.4. The van der Waals surface area contributed by atoms with Crippen molar-refractivity contribution in [3.05, 3.63) is 12.1 Å². The highest BCUT2D eigenvalue weighted by Gasteiger charge is 2.39. The van der Waals surface area contributed by atoms with Crippen LogP contribution in [-0.2, 0) is 0 Å². The van der Waals surface area contributed by atoms with Crippen LogP contribution in [0.5, 0.6) is 0 Å². The highest BCUT2D eigenvalue weighted by Crippen LogP contribution is 2.48. The Morgan fingerprint density at radius 1 is 1.12 bits per heavy atom. The molecule has 0 radical (unpaired) electrons. The molecule has 1 saturated heterocycles. The van der Waals surface area contributed by atoms with Gasteiger partial charge in [-0.05, 0) is 50.7 Å². The number of halogens is 3. The van der Waals surface area contributed by atoms with Gasteiger partial charge in [-0.2, -0.15) is 0 Å². The molecule has 1 spiro atoms. The van der Waals surface area contributed by atoms with Gasteiger partial charge in [0.05, 0.1) is 0 Å². The topological polar surface area (TPSA) is 3.24 Å². The molecule has 0 unspecified atom stereocenters. The molecule has 0 aromatic rings. The number of piperidine rings is 1. The lowest BCUT2D eigenvalue weighted by atomic mass is 9.63. The molecule has 0 atom stereocenters. The smallest absolute Gasteiger partial charge is 0.445 e. The summed E-state index contributed by atoms with van der Waals surface area (Å²) >= 11 is 0. The van der Waals surface area contributed by atoms with Crippen molar-refractivity contribution in [3.63, 3.8) is 0 Å². The molecule has 0 N–H and O–H groups in total. The molecule has 2 rings (SSSR count). The second-order valence-corrected chi connectivity index (χ2v) is 5.36. The Balaban J connectivity index is 1.79. The fourth-order valence-corrected chi connectivity index (χ4v) is 2.75. The molecule has 5 heteroatoms. The summed E-state index contributed by atoms with van der Waals surface area (Å²) in [4.78, 5) is 1.90. The molecular weight excluding hydrogens is 214 g/mol. The zero-order valence-electron chi connectivity index (χ0n) is 9.52. The van der Waals surface area contributed by atoms with E-state index in [-0.39, 0.29) is 6.54 Å². The summed E-state index contributed by atoms with van der Waals surface area (Å²) in [5, 5.41) is 0. The van der Waals surface area contributed by atoms with Gasteiger partial charge in [0.2, 0.25) is 0 Å². The number of rotatable bonds is 3. The van der Waals surface area contributed by atoms with Crippen molar-refractivity contribution in [3.8, 4) is 0 Å². The van der Waals surface area contributed by atoms with Crippen LogP contribution in [0.4, 0.5) is 12.9 Å².